The van der Waals surface area contributed by atoms with E-state index in [0.717, 1.165) is 17.1 Å². The van der Waals surface area contributed by atoms with Crippen molar-refractivity contribution in [2.75, 3.05) is 7.11 Å². The predicted molar refractivity (Wildman–Crippen MR) is 45.0 cm³/mol. The Labute approximate surface area is 71.0 Å². The minimum atomic E-state index is 0.739. The van der Waals surface area contributed by atoms with Gasteiger partial charge in [0.15, 0.2) is 0 Å². The van der Waals surface area contributed by atoms with E-state index in [0.29, 0.717) is 0 Å². The van der Waals surface area contributed by atoms with E-state index in [9.17, 15) is 0 Å². The molecule has 0 radical (unpaired) electrons. The monoisotopic (exact) mass is 168 g/mol. The first-order valence-electron chi connectivity index (χ1n) is 3.61. The van der Waals surface area contributed by atoms with Crippen LogP contribution in [0.3, 0.4) is 0 Å². The molecule has 66 valence electrons. The molecule has 5 heteroatoms. The summed E-state index contributed by atoms with van der Waals surface area (Å²) in [6.45, 7) is 3.77. The number of aryl methyl sites for hydroxylation is 1. The van der Waals surface area contributed by atoms with Crippen molar-refractivity contribution in [1.29, 1.82) is 0 Å². The lowest BCUT2D eigenvalue weighted by molar-refractivity contribution is 0.213. The molecular formula is C7H12N4O. The summed E-state index contributed by atoms with van der Waals surface area (Å²) >= 11 is 0. The maximum Gasteiger partial charge on any atom is 0.133 e. The molecule has 12 heavy (non-hydrogen) atoms. The molecule has 0 aliphatic carbocycles. The Kier molecular flexibility index (Phi) is 2.42. The lowest BCUT2D eigenvalue weighted by Crippen LogP contribution is -2.00. The van der Waals surface area contributed by atoms with Crippen molar-refractivity contribution in [1.82, 2.24) is 15.0 Å². The highest BCUT2D eigenvalue weighted by Gasteiger charge is 2.08. The number of rotatable bonds is 2. The topological polar surface area (TPSA) is 52.3 Å². The van der Waals surface area contributed by atoms with E-state index in [1.54, 1.807) is 4.68 Å². The van der Waals surface area contributed by atoms with Gasteiger partial charge in [-0.25, -0.2) is 0 Å². The number of oxime groups is 1. The molecule has 1 rings (SSSR count). The molecule has 0 aromatic carbocycles. The van der Waals surface area contributed by atoms with Gasteiger partial charge in [-0.15, -0.1) is 5.10 Å². The van der Waals surface area contributed by atoms with E-state index in [1.807, 2.05) is 20.9 Å². The largest absolute Gasteiger partial charge is 0.399 e. The van der Waals surface area contributed by atoms with Gasteiger partial charge in [0.2, 0.25) is 0 Å². The molecule has 0 fully saturated rings. The third-order valence-electron chi connectivity index (χ3n) is 1.68. The number of nitrogens with zero attached hydrogens (tertiary/aromatic N) is 4. The van der Waals surface area contributed by atoms with Gasteiger partial charge in [0.25, 0.3) is 0 Å². The van der Waals surface area contributed by atoms with Crippen LogP contribution in [0.25, 0.3) is 0 Å². The molecule has 0 unspecified atom stereocenters. The van der Waals surface area contributed by atoms with E-state index >= 15 is 0 Å². The van der Waals surface area contributed by atoms with Gasteiger partial charge in [0.1, 0.15) is 18.5 Å². The normalized spacial score (nSPS) is 11.8. The van der Waals surface area contributed by atoms with Gasteiger partial charge >= 0.3 is 0 Å². The first-order valence-corrected chi connectivity index (χ1v) is 3.61. The second-order valence-electron chi connectivity index (χ2n) is 2.51. The summed E-state index contributed by atoms with van der Waals surface area (Å²) in [6.07, 6.45) is 0. The van der Waals surface area contributed by atoms with Crippen LogP contribution in [0.4, 0.5) is 0 Å². The van der Waals surface area contributed by atoms with Gasteiger partial charge in [0, 0.05) is 7.05 Å². The summed E-state index contributed by atoms with van der Waals surface area (Å²) in [4.78, 5) is 4.63. The van der Waals surface area contributed by atoms with Crippen LogP contribution in [0.2, 0.25) is 0 Å². The van der Waals surface area contributed by atoms with Gasteiger partial charge in [-0.3, -0.25) is 4.68 Å². The number of hydrogen-bond acceptors (Lipinski definition) is 4. The van der Waals surface area contributed by atoms with Crippen LogP contribution in [0.15, 0.2) is 5.16 Å². The maximum absolute atomic E-state index is 4.63. The molecule has 1 heterocycles. The van der Waals surface area contributed by atoms with E-state index in [-0.39, 0.29) is 0 Å². The second kappa shape index (κ2) is 3.34. The quantitative estimate of drug-likeness (QED) is 0.477. The fourth-order valence-corrected chi connectivity index (χ4v) is 0.919. The van der Waals surface area contributed by atoms with Crippen LogP contribution in [0.5, 0.6) is 0 Å². The van der Waals surface area contributed by atoms with Gasteiger partial charge in [-0.2, -0.15) is 0 Å². The molecule has 0 aliphatic heterocycles. The van der Waals surface area contributed by atoms with Crippen molar-refractivity contribution in [2.45, 2.75) is 13.8 Å². The maximum atomic E-state index is 4.63. The van der Waals surface area contributed by atoms with Crippen molar-refractivity contribution in [3.05, 3.63) is 11.4 Å². The average molecular weight is 168 g/mol. The van der Waals surface area contributed by atoms with Crippen molar-refractivity contribution in [3.63, 3.8) is 0 Å². The van der Waals surface area contributed by atoms with Crippen molar-refractivity contribution < 1.29 is 4.84 Å². The third kappa shape index (κ3) is 1.44. The molecule has 0 amide bonds. The van der Waals surface area contributed by atoms with Crippen molar-refractivity contribution >= 4 is 5.71 Å². The van der Waals surface area contributed by atoms with E-state index in [1.165, 1.54) is 7.11 Å². The lowest BCUT2D eigenvalue weighted by Gasteiger charge is -1.95. The van der Waals surface area contributed by atoms with Crippen molar-refractivity contribution in [3.8, 4) is 0 Å². The predicted octanol–water partition coefficient (Wildman–Crippen LogP) is 0.494. The zero-order valence-electron chi connectivity index (χ0n) is 7.70. The molecule has 1 aromatic heterocycles. The fraction of sp³-hybridized carbons (Fsp3) is 0.571. The van der Waals surface area contributed by atoms with E-state index in [2.05, 4.69) is 20.3 Å². The summed E-state index contributed by atoms with van der Waals surface area (Å²) in [5.41, 5.74) is 2.50. The minimum Gasteiger partial charge on any atom is -0.399 e. The van der Waals surface area contributed by atoms with Crippen LogP contribution in [0.1, 0.15) is 18.3 Å². The third-order valence-corrected chi connectivity index (χ3v) is 1.68. The Hall–Kier alpha value is -1.39. The molecular weight excluding hydrogens is 156 g/mol. The molecule has 0 bridgehead atoms. The first kappa shape index (κ1) is 8.70. The standard InChI is InChI=1S/C7H12N4O/c1-5(9-12-4)7-6(2)11(3)10-8-7/h1-4H3. The van der Waals surface area contributed by atoms with E-state index < -0.39 is 0 Å². The zero-order valence-corrected chi connectivity index (χ0v) is 7.70. The smallest absolute Gasteiger partial charge is 0.133 e. The van der Waals surface area contributed by atoms with Crippen LogP contribution in [-0.2, 0) is 11.9 Å². The molecule has 0 saturated heterocycles. The van der Waals surface area contributed by atoms with Crippen LogP contribution >= 0.6 is 0 Å². The summed E-state index contributed by atoms with van der Waals surface area (Å²) in [6, 6.07) is 0. The molecule has 0 aliphatic rings. The summed E-state index contributed by atoms with van der Waals surface area (Å²) in [5, 5.41) is 11.6. The Balaban J connectivity index is 3.03. The van der Waals surface area contributed by atoms with Crippen LogP contribution < -0.4 is 0 Å². The van der Waals surface area contributed by atoms with Gasteiger partial charge in [-0.1, -0.05) is 10.4 Å². The lowest BCUT2D eigenvalue weighted by atomic mass is 10.2. The van der Waals surface area contributed by atoms with Gasteiger partial charge in [0.05, 0.1) is 5.69 Å². The SMILES string of the molecule is CON=C(C)c1nnn(C)c1C. The Morgan fingerprint density at radius 1 is 1.58 bits per heavy atom. The first-order chi connectivity index (χ1) is 5.66. The molecule has 0 saturated carbocycles. The second-order valence-corrected chi connectivity index (χ2v) is 2.51. The number of aromatic nitrogens is 3. The molecule has 0 atom stereocenters. The van der Waals surface area contributed by atoms with Gasteiger partial charge < -0.3 is 4.84 Å². The highest BCUT2D eigenvalue weighted by atomic mass is 16.6. The fourth-order valence-electron chi connectivity index (χ4n) is 0.919. The van der Waals surface area contributed by atoms with Crippen LogP contribution in [0, 0.1) is 6.92 Å². The molecule has 0 spiro atoms. The molecule has 0 N–H and O–H groups in total. The number of hydrogen-bond donors (Lipinski definition) is 0. The molecule has 5 nitrogen and oxygen atoms in total. The van der Waals surface area contributed by atoms with Crippen LogP contribution in [-0.4, -0.2) is 27.8 Å². The summed E-state index contributed by atoms with van der Waals surface area (Å²) in [5.74, 6) is 0. The average Bonchev–Trinajstić information content (AvgIpc) is 2.34. The minimum absolute atomic E-state index is 0.739. The summed E-state index contributed by atoms with van der Waals surface area (Å²) < 4.78 is 1.70. The highest BCUT2D eigenvalue weighted by Crippen LogP contribution is 2.03. The van der Waals surface area contributed by atoms with E-state index in [4.69, 9.17) is 0 Å². The Morgan fingerprint density at radius 3 is 2.67 bits per heavy atom. The zero-order chi connectivity index (χ0) is 9.14. The highest BCUT2D eigenvalue weighted by molar-refractivity contribution is 5.97. The van der Waals surface area contributed by atoms with Crippen molar-refractivity contribution in [2.24, 2.45) is 12.2 Å². The van der Waals surface area contributed by atoms with Gasteiger partial charge in [-0.05, 0) is 13.8 Å². The summed E-state index contributed by atoms with van der Waals surface area (Å²) in [7, 11) is 3.35. The molecule has 1 aromatic rings. The Morgan fingerprint density at radius 2 is 2.25 bits per heavy atom. The Bertz CT molecular complexity index is 302.